The molecule has 0 saturated carbocycles. The van der Waals surface area contributed by atoms with E-state index in [1.54, 1.807) is 6.26 Å². The standard InChI is InChI=1S/C7H13N3O/c1-6(4-8)9-5-7-2-3-11-10-7/h2-3,6,9H,4-5,8H2,1H3/t6-/m1/s1. The number of rotatable bonds is 4. The Kier molecular flexibility index (Phi) is 3.07. The fraction of sp³-hybridized carbons (Fsp3) is 0.571. The van der Waals surface area contributed by atoms with Crippen molar-refractivity contribution in [3.63, 3.8) is 0 Å². The first-order valence-corrected chi connectivity index (χ1v) is 3.65. The predicted molar refractivity (Wildman–Crippen MR) is 41.9 cm³/mol. The molecule has 1 aromatic heterocycles. The fourth-order valence-electron chi connectivity index (χ4n) is 0.691. The van der Waals surface area contributed by atoms with Gasteiger partial charge in [0.15, 0.2) is 0 Å². The minimum atomic E-state index is 0.326. The van der Waals surface area contributed by atoms with Crippen molar-refractivity contribution in [2.45, 2.75) is 19.5 Å². The van der Waals surface area contributed by atoms with E-state index in [0.29, 0.717) is 12.6 Å². The van der Waals surface area contributed by atoms with Gasteiger partial charge in [-0.2, -0.15) is 0 Å². The van der Waals surface area contributed by atoms with Crippen LogP contribution >= 0.6 is 0 Å². The largest absolute Gasteiger partial charge is 0.364 e. The summed E-state index contributed by atoms with van der Waals surface area (Å²) in [6.45, 7) is 3.38. The van der Waals surface area contributed by atoms with Gasteiger partial charge in [-0.1, -0.05) is 5.16 Å². The van der Waals surface area contributed by atoms with Gasteiger partial charge >= 0.3 is 0 Å². The molecule has 1 atom stereocenters. The van der Waals surface area contributed by atoms with Crippen LogP contribution in [0.1, 0.15) is 12.6 Å². The molecule has 1 heterocycles. The summed E-state index contributed by atoms with van der Waals surface area (Å²) in [5.41, 5.74) is 6.31. The molecule has 11 heavy (non-hydrogen) atoms. The van der Waals surface area contributed by atoms with Crippen molar-refractivity contribution in [2.75, 3.05) is 6.54 Å². The Hall–Kier alpha value is -0.870. The smallest absolute Gasteiger partial charge is 0.124 e. The van der Waals surface area contributed by atoms with E-state index < -0.39 is 0 Å². The lowest BCUT2D eigenvalue weighted by Crippen LogP contribution is -2.32. The number of nitrogens with two attached hydrogens (primary N) is 1. The summed E-state index contributed by atoms with van der Waals surface area (Å²) in [5.74, 6) is 0. The molecule has 0 unspecified atom stereocenters. The SMILES string of the molecule is C[C@H](CN)NCc1ccon1. The number of nitrogens with one attached hydrogen (secondary N) is 1. The summed E-state index contributed by atoms with van der Waals surface area (Å²) < 4.78 is 4.66. The van der Waals surface area contributed by atoms with Gasteiger partial charge in [0, 0.05) is 25.2 Å². The Bertz CT molecular complexity index is 186. The summed E-state index contributed by atoms with van der Waals surface area (Å²) in [4.78, 5) is 0. The molecule has 0 amide bonds. The van der Waals surface area contributed by atoms with Gasteiger partial charge < -0.3 is 15.6 Å². The van der Waals surface area contributed by atoms with Gasteiger partial charge in [0.05, 0.1) is 5.69 Å². The van der Waals surface area contributed by atoms with Crippen LogP contribution in [0.15, 0.2) is 16.9 Å². The van der Waals surface area contributed by atoms with Gasteiger partial charge in [0.2, 0.25) is 0 Å². The Morgan fingerprint density at radius 3 is 3.18 bits per heavy atom. The van der Waals surface area contributed by atoms with E-state index >= 15 is 0 Å². The Morgan fingerprint density at radius 2 is 2.64 bits per heavy atom. The van der Waals surface area contributed by atoms with Gasteiger partial charge in [-0.15, -0.1) is 0 Å². The maximum Gasteiger partial charge on any atom is 0.124 e. The third-order valence-corrected chi connectivity index (χ3v) is 1.48. The topological polar surface area (TPSA) is 64.1 Å². The van der Waals surface area contributed by atoms with Gasteiger partial charge in [0.25, 0.3) is 0 Å². The number of nitrogens with zero attached hydrogens (tertiary/aromatic N) is 1. The van der Waals surface area contributed by atoms with Gasteiger partial charge in [-0.05, 0) is 6.92 Å². The summed E-state index contributed by atoms with van der Waals surface area (Å²) >= 11 is 0. The normalized spacial score (nSPS) is 13.3. The lowest BCUT2D eigenvalue weighted by atomic mass is 10.3. The molecule has 0 aliphatic heterocycles. The lowest BCUT2D eigenvalue weighted by Gasteiger charge is -2.08. The van der Waals surface area contributed by atoms with Gasteiger partial charge in [-0.3, -0.25) is 0 Å². The van der Waals surface area contributed by atoms with Crippen LogP contribution in [-0.4, -0.2) is 17.7 Å². The van der Waals surface area contributed by atoms with Crippen LogP contribution in [0.3, 0.4) is 0 Å². The van der Waals surface area contributed by atoms with Crippen LogP contribution in [-0.2, 0) is 6.54 Å². The molecule has 1 aromatic rings. The van der Waals surface area contributed by atoms with E-state index in [2.05, 4.69) is 15.0 Å². The van der Waals surface area contributed by atoms with E-state index in [1.807, 2.05) is 13.0 Å². The van der Waals surface area contributed by atoms with E-state index in [4.69, 9.17) is 5.73 Å². The highest BCUT2D eigenvalue weighted by Crippen LogP contribution is 1.93. The van der Waals surface area contributed by atoms with Crippen molar-refractivity contribution in [3.05, 3.63) is 18.0 Å². The molecule has 0 bridgehead atoms. The van der Waals surface area contributed by atoms with Gasteiger partial charge in [-0.25, -0.2) is 0 Å². The molecular formula is C7H13N3O. The molecule has 0 fully saturated rings. The van der Waals surface area contributed by atoms with Crippen molar-refractivity contribution >= 4 is 0 Å². The van der Waals surface area contributed by atoms with Crippen molar-refractivity contribution in [1.82, 2.24) is 10.5 Å². The zero-order valence-electron chi connectivity index (χ0n) is 6.58. The van der Waals surface area contributed by atoms with E-state index in [-0.39, 0.29) is 0 Å². The second kappa shape index (κ2) is 4.10. The summed E-state index contributed by atoms with van der Waals surface area (Å²) in [7, 11) is 0. The van der Waals surface area contributed by atoms with Crippen LogP contribution in [0.2, 0.25) is 0 Å². The average Bonchev–Trinajstić information content (AvgIpc) is 2.52. The highest BCUT2D eigenvalue weighted by molar-refractivity contribution is 4.94. The minimum Gasteiger partial charge on any atom is -0.364 e. The molecule has 4 heteroatoms. The number of aromatic nitrogens is 1. The van der Waals surface area contributed by atoms with Crippen LogP contribution in [0.4, 0.5) is 0 Å². The summed E-state index contributed by atoms with van der Waals surface area (Å²) in [6.07, 6.45) is 1.56. The molecule has 3 N–H and O–H groups in total. The predicted octanol–water partition coefficient (Wildman–Crippen LogP) is 0.111. The highest BCUT2D eigenvalue weighted by Gasteiger charge is 1.99. The molecule has 62 valence electrons. The number of hydrogen-bond donors (Lipinski definition) is 2. The Labute approximate surface area is 65.7 Å². The first kappa shape index (κ1) is 8.23. The maximum atomic E-state index is 5.41. The lowest BCUT2D eigenvalue weighted by molar-refractivity contribution is 0.405. The molecule has 0 aromatic carbocycles. The highest BCUT2D eigenvalue weighted by atomic mass is 16.5. The van der Waals surface area contributed by atoms with E-state index in [0.717, 1.165) is 12.2 Å². The fourth-order valence-corrected chi connectivity index (χ4v) is 0.691. The zero-order chi connectivity index (χ0) is 8.10. The molecule has 0 saturated heterocycles. The molecule has 0 spiro atoms. The van der Waals surface area contributed by atoms with Crippen LogP contribution in [0.5, 0.6) is 0 Å². The monoisotopic (exact) mass is 155 g/mol. The minimum absolute atomic E-state index is 0.326. The molecular weight excluding hydrogens is 142 g/mol. The quantitative estimate of drug-likeness (QED) is 0.647. The van der Waals surface area contributed by atoms with E-state index in [9.17, 15) is 0 Å². The molecule has 4 nitrogen and oxygen atoms in total. The Balaban J connectivity index is 2.23. The van der Waals surface area contributed by atoms with Gasteiger partial charge in [0.1, 0.15) is 6.26 Å². The van der Waals surface area contributed by atoms with Crippen LogP contribution < -0.4 is 11.1 Å². The second-order valence-corrected chi connectivity index (χ2v) is 2.51. The third kappa shape index (κ3) is 2.69. The van der Waals surface area contributed by atoms with E-state index in [1.165, 1.54) is 0 Å². The van der Waals surface area contributed by atoms with Crippen LogP contribution in [0.25, 0.3) is 0 Å². The van der Waals surface area contributed by atoms with Crippen molar-refractivity contribution in [2.24, 2.45) is 5.73 Å². The van der Waals surface area contributed by atoms with Crippen molar-refractivity contribution in [3.8, 4) is 0 Å². The molecule has 0 aliphatic carbocycles. The molecule has 0 radical (unpaired) electrons. The first-order chi connectivity index (χ1) is 5.33. The van der Waals surface area contributed by atoms with Crippen molar-refractivity contribution < 1.29 is 4.52 Å². The maximum absolute atomic E-state index is 5.41. The average molecular weight is 155 g/mol. The molecule has 0 aliphatic rings. The molecule has 1 rings (SSSR count). The third-order valence-electron chi connectivity index (χ3n) is 1.48. The first-order valence-electron chi connectivity index (χ1n) is 3.65. The summed E-state index contributed by atoms with van der Waals surface area (Å²) in [5, 5.41) is 6.93. The number of hydrogen-bond acceptors (Lipinski definition) is 4. The zero-order valence-corrected chi connectivity index (χ0v) is 6.58. The second-order valence-electron chi connectivity index (χ2n) is 2.51. The van der Waals surface area contributed by atoms with Crippen molar-refractivity contribution in [1.29, 1.82) is 0 Å². The summed E-state index contributed by atoms with van der Waals surface area (Å²) in [6, 6.07) is 2.16. The Morgan fingerprint density at radius 1 is 1.82 bits per heavy atom. The van der Waals surface area contributed by atoms with Crippen LogP contribution in [0, 0.1) is 0 Å².